The number of furan rings is 1. The monoisotopic (exact) mass is 403 g/mol. The van der Waals surface area contributed by atoms with Gasteiger partial charge in [0, 0.05) is 5.69 Å². The van der Waals surface area contributed by atoms with Crippen molar-refractivity contribution in [2.45, 2.75) is 18.2 Å². The highest BCUT2D eigenvalue weighted by Gasteiger charge is 2.11. The van der Waals surface area contributed by atoms with Crippen LogP contribution in [0.5, 0.6) is 0 Å². The number of aryl methyl sites for hydroxylation is 2. The number of amides is 2. The van der Waals surface area contributed by atoms with Crippen LogP contribution >= 0.6 is 23.1 Å². The second kappa shape index (κ2) is 8.69. The Balaban J connectivity index is 1.45. The molecule has 2 aromatic heterocycles. The molecule has 27 heavy (non-hydrogen) atoms. The van der Waals surface area contributed by atoms with E-state index in [0.717, 1.165) is 5.69 Å². The predicted molar refractivity (Wildman–Crippen MR) is 104 cm³/mol. The van der Waals surface area contributed by atoms with Gasteiger partial charge in [0.1, 0.15) is 0 Å². The van der Waals surface area contributed by atoms with E-state index in [1.165, 1.54) is 46.6 Å². The molecule has 0 saturated heterocycles. The lowest BCUT2D eigenvalue weighted by molar-refractivity contribution is -0.119. The molecule has 0 bridgehead atoms. The second-order valence-corrected chi connectivity index (χ2v) is 7.77. The van der Waals surface area contributed by atoms with Gasteiger partial charge in [-0.2, -0.15) is 0 Å². The molecule has 2 heterocycles. The molecule has 0 aliphatic heterocycles. The number of carbonyl (C=O) groups excluding carboxylic acids is 2. The molecule has 0 fully saturated rings. The van der Waals surface area contributed by atoms with Crippen molar-refractivity contribution in [2.75, 3.05) is 11.1 Å². The maximum Gasteiger partial charge on any atom is 0.305 e. The zero-order valence-electron chi connectivity index (χ0n) is 14.6. The van der Waals surface area contributed by atoms with Crippen LogP contribution in [0.25, 0.3) is 0 Å². The number of nitrogens with one attached hydrogen (secondary N) is 3. The molecule has 2 amide bonds. The highest BCUT2D eigenvalue weighted by Crippen LogP contribution is 2.28. The Morgan fingerprint density at radius 3 is 2.74 bits per heavy atom. The third-order valence-corrected chi connectivity index (χ3v) is 5.52. The predicted octanol–water partition coefficient (Wildman–Crippen LogP) is 3.04. The van der Waals surface area contributed by atoms with E-state index in [9.17, 15) is 9.59 Å². The van der Waals surface area contributed by atoms with Crippen molar-refractivity contribution in [1.29, 1.82) is 0 Å². The normalized spacial score (nSPS) is 10.4. The van der Waals surface area contributed by atoms with E-state index in [4.69, 9.17) is 4.42 Å². The van der Waals surface area contributed by atoms with Crippen LogP contribution in [0.4, 0.5) is 10.8 Å². The molecule has 0 radical (unpaired) electrons. The van der Waals surface area contributed by atoms with Gasteiger partial charge in [-0.15, -0.1) is 10.2 Å². The van der Waals surface area contributed by atoms with E-state index in [2.05, 4.69) is 33.3 Å². The highest BCUT2D eigenvalue weighted by molar-refractivity contribution is 8.01. The van der Waals surface area contributed by atoms with Gasteiger partial charge in [-0.3, -0.25) is 20.4 Å². The first-order valence-electron chi connectivity index (χ1n) is 7.94. The molecule has 0 aliphatic carbocycles. The zero-order chi connectivity index (χ0) is 19.2. The smallest absolute Gasteiger partial charge is 0.305 e. The van der Waals surface area contributed by atoms with Gasteiger partial charge in [0.05, 0.1) is 12.0 Å². The fraction of sp³-hybridized carbons (Fsp3) is 0.176. The lowest BCUT2D eigenvalue weighted by Crippen LogP contribution is -2.42. The first-order chi connectivity index (χ1) is 13.0. The van der Waals surface area contributed by atoms with Crippen LogP contribution in [0.2, 0.25) is 0 Å². The fourth-order valence-corrected chi connectivity index (χ4v) is 3.59. The van der Waals surface area contributed by atoms with E-state index in [1.54, 1.807) is 6.07 Å². The summed E-state index contributed by atoms with van der Waals surface area (Å²) in [6.07, 6.45) is 1.38. The highest BCUT2D eigenvalue weighted by atomic mass is 32.2. The number of hydrogen-bond donors (Lipinski definition) is 3. The largest absolute Gasteiger partial charge is 0.459 e. The van der Waals surface area contributed by atoms with Gasteiger partial charge in [-0.25, -0.2) is 0 Å². The second-order valence-electron chi connectivity index (χ2n) is 5.57. The van der Waals surface area contributed by atoms with Crippen LogP contribution in [0.1, 0.15) is 21.7 Å². The van der Waals surface area contributed by atoms with Crippen molar-refractivity contribution in [2.24, 2.45) is 0 Å². The third-order valence-electron chi connectivity index (χ3n) is 3.55. The number of thioether (sulfide) groups is 1. The van der Waals surface area contributed by atoms with Crippen molar-refractivity contribution in [1.82, 2.24) is 21.0 Å². The number of carbonyl (C=O) groups is 2. The molecule has 1 aromatic carbocycles. The van der Waals surface area contributed by atoms with Gasteiger partial charge in [0.15, 0.2) is 10.1 Å². The molecule has 0 atom stereocenters. The van der Waals surface area contributed by atoms with Gasteiger partial charge in [-0.1, -0.05) is 29.2 Å². The topological polar surface area (TPSA) is 109 Å². The summed E-state index contributed by atoms with van der Waals surface area (Å²) in [7, 11) is 0. The van der Waals surface area contributed by atoms with Crippen molar-refractivity contribution >= 4 is 45.7 Å². The van der Waals surface area contributed by atoms with Crippen molar-refractivity contribution < 1.29 is 14.0 Å². The molecule has 0 saturated carbocycles. The Hall–Kier alpha value is -2.85. The number of hydrogen-bond acceptors (Lipinski definition) is 8. The van der Waals surface area contributed by atoms with Gasteiger partial charge in [0.2, 0.25) is 11.0 Å². The lowest BCUT2D eigenvalue weighted by atomic mass is 10.1. The standard InChI is InChI=1S/C17H17N5O3S2/c1-10-5-6-12(8-11(10)2)18-16-21-22-17(27-16)26-9-14(23)19-20-15(24)13-4-3-7-25-13/h3-8H,9H2,1-2H3,(H,18,21)(H,19,23)(H,20,24). The molecular formula is C17H17N5O3S2. The first-order valence-corrected chi connectivity index (χ1v) is 9.75. The van der Waals surface area contributed by atoms with Gasteiger partial charge < -0.3 is 9.73 Å². The number of hydrazine groups is 1. The molecule has 3 N–H and O–H groups in total. The Bertz CT molecular complexity index is 940. The molecule has 0 aliphatic rings. The van der Waals surface area contributed by atoms with Gasteiger partial charge >= 0.3 is 5.91 Å². The Morgan fingerprint density at radius 2 is 2.00 bits per heavy atom. The number of nitrogens with zero attached hydrogens (tertiary/aromatic N) is 2. The van der Waals surface area contributed by atoms with Crippen molar-refractivity contribution in [3.8, 4) is 0 Å². The van der Waals surface area contributed by atoms with Crippen LogP contribution < -0.4 is 16.2 Å². The minimum absolute atomic E-state index is 0.0940. The Kier molecular flexibility index (Phi) is 6.09. The maximum atomic E-state index is 11.8. The molecule has 3 aromatic rings. The average Bonchev–Trinajstić information content (AvgIpc) is 3.33. The summed E-state index contributed by atoms with van der Waals surface area (Å²) < 4.78 is 5.58. The van der Waals surface area contributed by atoms with Crippen LogP contribution in [0.3, 0.4) is 0 Å². The Labute approximate surface area is 163 Å². The van der Waals surface area contributed by atoms with Crippen molar-refractivity contribution in [3.63, 3.8) is 0 Å². The zero-order valence-corrected chi connectivity index (χ0v) is 16.2. The van der Waals surface area contributed by atoms with E-state index in [1.807, 2.05) is 25.1 Å². The third kappa shape index (κ3) is 5.31. The van der Waals surface area contributed by atoms with E-state index < -0.39 is 5.91 Å². The minimum Gasteiger partial charge on any atom is -0.459 e. The van der Waals surface area contributed by atoms with E-state index in [-0.39, 0.29) is 17.4 Å². The number of anilines is 2. The number of aromatic nitrogens is 2. The molecule has 140 valence electrons. The number of benzene rings is 1. The summed E-state index contributed by atoms with van der Waals surface area (Å²) >= 11 is 2.58. The number of rotatable bonds is 6. The molecule has 10 heteroatoms. The van der Waals surface area contributed by atoms with Crippen LogP contribution in [-0.2, 0) is 4.79 Å². The van der Waals surface area contributed by atoms with Crippen molar-refractivity contribution in [3.05, 3.63) is 53.5 Å². The van der Waals surface area contributed by atoms with Crippen LogP contribution in [0, 0.1) is 13.8 Å². The van der Waals surface area contributed by atoms with E-state index in [0.29, 0.717) is 9.47 Å². The molecule has 0 unspecified atom stereocenters. The first kappa shape index (κ1) is 18.9. The van der Waals surface area contributed by atoms with Crippen LogP contribution in [0.15, 0.2) is 45.4 Å². The summed E-state index contributed by atoms with van der Waals surface area (Å²) in [5.74, 6) is -0.668. The molecule has 8 nitrogen and oxygen atoms in total. The Morgan fingerprint density at radius 1 is 1.15 bits per heavy atom. The van der Waals surface area contributed by atoms with Gasteiger partial charge in [0.25, 0.3) is 0 Å². The minimum atomic E-state index is -0.519. The summed E-state index contributed by atoms with van der Waals surface area (Å²) in [6.45, 7) is 4.10. The quantitative estimate of drug-likeness (QED) is 0.429. The summed E-state index contributed by atoms with van der Waals surface area (Å²) in [5, 5.41) is 12.0. The van der Waals surface area contributed by atoms with Gasteiger partial charge in [-0.05, 0) is 49.2 Å². The SMILES string of the molecule is Cc1ccc(Nc2nnc(SCC(=O)NNC(=O)c3ccco3)s2)cc1C. The summed E-state index contributed by atoms with van der Waals surface area (Å²) in [4.78, 5) is 23.5. The van der Waals surface area contributed by atoms with Crippen LogP contribution in [-0.4, -0.2) is 27.8 Å². The average molecular weight is 403 g/mol. The molecule has 3 rings (SSSR count). The maximum absolute atomic E-state index is 11.8. The van der Waals surface area contributed by atoms with E-state index >= 15 is 0 Å². The molecule has 0 spiro atoms. The lowest BCUT2D eigenvalue weighted by Gasteiger charge is -2.05. The summed E-state index contributed by atoms with van der Waals surface area (Å²) in [6, 6.07) is 9.15. The molecular weight excluding hydrogens is 386 g/mol. The summed E-state index contributed by atoms with van der Waals surface area (Å²) in [5.41, 5.74) is 7.94. The fourth-order valence-electron chi connectivity index (χ4n) is 2.02.